The van der Waals surface area contributed by atoms with Crippen molar-refractivity contribution >= 4 is 5.91 Å². The third-order valence-electron chi connectivity index (χ3n) is 4.38. The third kappa shape index (κ3) is 3.54. The van der Waals surface area contributed by atoms with Gasteiger partial charge in [-0.1, -0.05) is 0 Å². The molecule has 0 spiro atoms. The lowest BCUT2D eigenvalue weighted by Gasteiger charge is -2.12. The molecule has 0 saturated carbocycles. The molecule has 1 N–H and O–H groups in total. The zero-order valence-electron chi connectivity index (χ0n) is 14.1. The van der Waals surface area contributed by atoms with Gasteiger partial charge in [0, 0.05) is 24.0 Å². The molecule has 1 aliphatic carbocycles. The number of aryl methyl sites for hydroxylation is 1. The topological polar surface area (TPSA) is 64.7 Å². The SMILES string of the molecule is CCn1ccc(C(C)NC(=O)Cn2nc(C(F)(F)F)c3c2CCC3)n1. The van der Waals surface area contributed by atoms with Crippen LogP contribution in [0.15, 0.2) is 12.3 Å². The molecular weight excluding hydrogens is 335 g/mol. The molecule has 0 bridgehead atoms. The molecule has 136 valence electrons. The zero-order valence-corrected chi connectivity index (χ0v) is 14.1. The average Bonchev–Trinajstić information content (AvgIpc) is 3.22. The molecule has 1 atom stereocenters. The molecule has 0 saturated heterocycles. The van der Waals surface area contributed by atoms with E-state index in [2.05, 4.69) is 15.5 Å². The summed E-state index contributed by atoms with van der Waals surface area (Å²) in [7, 11) is 0. The van der Waals surface area contributed by atoms with E-state index in [9.17, 15) is 18.0 Å². The normalized spacial score (nSPS) is 15.2. The minimum atomic E-state index is -4.49. The highest BCUT2D eigenvalue weighted by molar-refractivity contribution is 5.76. The first-order valence-electron chi connectivity index (χ1n) is 8.28. The van der Waals surface area contributed by atoms with Gasteiger partial charge in [-0.3, -0.25) is 14.2 Å². The Kier molecular flexibility index (Phi) is 4.57. The second-order valence-electron chi connectivity index (χ2n) is 6.17. The predicted octanol–water partition coefficient (Wildman–Crippen LogP) is 2.48. The predicted molar refractivity (Wildman–Crippen MR) is 83.7 cm³/mol. The van der Waals surface area contributed by atoms with Crippen LogP contribution in [-0.2, 0) is 36.9 Å². The Labute approximate surface area is 143 Å². The van der Waals surface area contributed by atoms with Crippen LogP contribution in [0.1, 0.15) is 49.0 Å². The van der Waals surface area contributed by atoms with E-state index in [-0.39, 0.29) is 24.1 Å². The Morgan fingerprint density at radius 1 is 1.36 bits per heavy atom. The van der Waals surface area contributed by atoms with E-state index < -0.39 is 11.9 Å². The first kappa shape index (κ1) is 17.5. The molecule has 2 heterocycles. The van der Waals surface area contributed by atoms with Crippen molar-refractivity contribution in [2.24, 2.45) is 0 Å². The van der Waals surface area contributed by atoms with Gasteiger partial charge in [-0.15, -0.1) is 0 Å². The van der Waals surface area contributed by atoms with Crippen molar-refractivity contribution in [3.8, 4) is 0 Å². The Bertz CT molecular complexity index is 777. The van der Waals surface area contributed by atoms with E-state index in [1.807, 2.05) is 19.2 Å². The van der Waals surface area contributed by atoms with Crippen molar-refractivity contribution in [2.45, 2.75) is 58.4 Å². The Morgan fingerprint density at radius 2 is 2.12 bits per heavy atom. The minimum Gasteiger partial charge on any atom is -0.346 e. The maximum atomic E-state index is 13.1. The molecule has 0 aliphatic heterocycles. The monoisotopic (exact) mass is 355 g/mol. The fourth-order valence-electron chi connectivity index (χ4n) is 3.15. The van der Waals surface area contributed by atoms with E-state index >= 15 is 0 Å². The maximum absolute atomic E-state index is 13.1. The van der Waals surface area contributed by atoms with Gasteiger partial charge in [-0.25, -0.2) is 0 Å². The van der Waals surface area contributed by atoms with Gasteiger partial charge in [0.05, 0.1) is 11.7 Å². The summed E-state index contributed by atoms with van der Waals surface area (Å²) in [5.74, 6) is -0.385. The second-order valence-corrected chi connectivity index (χ2v) is 6.17. The van der Waals surface area contributed by atoms with Crippen LogP contribution >= 0.6 is 0 Å². The molecule has 2 aromatic rings. The highest BCUT2D eigenvalue weighted by Crippen LogP contribution is 2.36. The molecule has 1 unspecified atom stereocenters. The molecule has 0 fully saturated rings. The lowest BCUT2D eigenvalue weighted by Crippen LogP contribution is -2.31. The number of carbonyl (C=O) groups is 1. The van der Waals surface area contributed by atoms with E-state index in [0.717, 1.165) is 6.54 Å². The smallest absolute Gasteiger partial charge is 0.346 e. The summed E-state index contributed by atoms with van der Waals surface area (Å²) in [5, 5.41) is 10.7. The first-order valence-corrected chi connectivity index (χ1v) is 8.28. The van der Waals surface area contributed by atoms with E-state index in [4.69, 9.17) is 0 Å². The number of alkyl halides is 3. The third-order valence-corrected chi connectivity index (χ3v) is 4.38. The number of rotatable bonds is 5. The van der Waals surface area contributed by atoms with Gasteiger partial charge in [0.1, 0.15) is 6.54 Å². The number of halogens is 3. The van der Waals surface area contributed by atoms with Crippen molar-refractivity contribution in [2.75, 3.05) is 0 Å². The number of aromatic nitrogens is 4. The number of nitrogens with one attached hydrogen (secondary N) is 1. The molecule has 0 radical (unpaired) electrons. The average molecular weight is 355 g/mol. The standard InChI is InChI=1S/C16H20F3N5O/c1-3-23-8-7-12(21-23)10(2)20-14(25)9-24-13-6-4-5-11(13)15(22-24)16(17,18)19/h7-8,10H,3-6,9H2,1-2H3,(H,20,25). The van der Waals surface area contributed by atoms with E-state index in [0.29, 0.717) is 30.7 Å². The van der Waals surface area contributed by atoms with Crippen LogP contribution in [0.25, 0.3) is 0 Å². The van der Waals surface area contributed by atoms with Crippen molar-refractivity contribution in [3.05, 3.63) is 34.9 Å². The highest BCUT2D eigenvalue weighted by Gasteiger charge is 2.40. The minimum absolute atomic E-state index is 0.225. The van der Waals surface area contributed by atoms with Crippen LogP contribution in [0.3, 0.4) is 0 Å². The Balaban J connectivity index is 1.71. The molecule has 9 heteroatoms. The van der Waals surface area contributed by atoms with Crippen LogP contribution in [0.4, 0.5) is 13.2 Å². The number of hydrogen-bond acceptors (Lipinski definition) is 3. The molecule has 3 rings (SSSR count). The summed E-state index contributed by atoms with van der Waals surface area (Å²) in [6.07, 6.45) is -1.15. The molecule has 25 heavy (non-hydrogen) atoms. The van der Waals surface area contributed by atoms with E-state index in [1.54, 1.807) is 11.6 Å². The molecule has 0 aromatic carbocycles. The molecule has 1 aliphatic rings. The van der Waals surface area contributed by atoms with Gasteiger partial charge < -0.3 is 5.32 Å². The summed E-state index contributed by atoms with van der Waals surface area (Å²) in [4.78, 5) is 12.2. The fourth-order valence-corrected chi connectivity index (χ4v) is 3.15. The summed E-state index contributed by atoms with van der Waals surface area (Å²) < 4.78 is 42.2. The van der Waals surface area contributed by atoms with Crippen molar-refractivity contribution in [1.82, 2.24) is 24.9 Å². The largest absolute Gasteiger partial charge is 0.435 e. The number of hydrogen-bond donors (Lipinski definition) is 1. The molecular formula is C16H20F3N5O. The van der Waals surface area contributed by atoms with Crippen LogP contribution in [0.5, 0.6) is 0 Å². The fraction of sp³-hybridized carbons (Fsp3) is 0.562. The van der Waals surface area contributed by atoms with Gasteiger partial charge >= 0.3 is 6.18 Å². The van der Waals surface area contributed by atoms with Gasteiger partial charge in [0.15, 0.2) is 5.69 Å². The van der Waals surface area contributed by atoms with Crippen molar-refractivity contribution in [3.63, 3.8) is 0 Å². The number of carbonyl (C=O) groups excluding carboxylic acids is 1. The number of amides is 1. The second kappa shape index (κ2) is 6.53. The Hall–Kier alpha value is -2.32. The number of fused-ring (bicyclic) bond motifs is 1. The van der Waals surface area contributed by atoms with Gasteiger partial charge in [-0.2, -0.15) is 23.4 Å². The van der Waals surface area contributed by atoms with Crippen LogP contribution in [0, 0.1) is 0 Å². The lowest BCUT2D eigenvalue weighted by atomic mass is 10.2. The van der Waals surface area contributed by atoms with Crippen LogP contribution in [0.2, 0.25) is 0 Å². The van der Waals surface area contributed by atoms with Gasteiger partial charge in [0.25, 0.3) is 0 Å². The number of nitrogens with zero attached hydrogens (tertiary/aromatic N) is 4. The summed E-state index contributed by atoms with van der Waals surface area (Å²) in [6.45, 7) is 4.24. The molecule has 6 nitrogen and oxygen atoms in total. The molecule has 1 amide bonds. The van der Waals surface area contributed by atoms with Crippen molar-refractivity contribution < 1.29 is 18.0 Å². The highest BCUT2D eigenvalue weighted by atomic mass is 19.4. The first-order chi connectivity index (χ1) is 11.8. The zero-order chi connectivity index (χ0) is 18.2. The van der Waals surface area contributed by atoms with Crippen LogP contribution < -0.4 is 5.32 Å². The van der Waals surface area contributed by atoms with Gasteiger partial charge in [-0.05, 0) is 39.2 Å². The summed E-state index contributed by atoms with van der Waals surface area (Å²) in [5.41, 5.74) is 0.597. The maximum Gasteiger partial charge on any atom is 0.435 e. The van der Waals surface area contributed by atoms with Crippen LogP contribution in [-0.4, -0.2) is 25.5 Å². The Morgan fingerprint density at radius 3 is 2.76 bits per heavy atom. The van der Waals surface area contributed by atoms with Gasteiger partial charge in [0.2, 0.25) is 5.91 Å². The summed E-state index contributed by atoms with van der Waals surface area (Å²) in [6, 6.07) is 1.48. The van der Waals surface area contributed by atoms with Crippen molar-refractivity contribution in [1.29, 1.82) is 0 Å². The summed E-state index contributed by atoms with van der Waals surface area (Å²) >= 11 is 0. The molecule has 2 aromatic heterocycles. The van der Waals surface area contributed by atoms with E-state index in [1.165, 1.54) is 4.68 Å². The lowest BCUT2D eigenvalue weighted by molar-refractivity contribution is -0.142. The quantitative estimate of drug-likeness (QED) is 0.896.